The topological polar surface area (TPSA) is 30.7 Å². The Bertz CT molecular complexity index is 676. The Hall–Kier alpha value is -1.72. The molecule has 0 spiro atoms. The maximum Gasteiger partial charge on any atom is 0.178 e. The van der Waals surface area contributed by atoms with E-state index in [9.17, 15) is 4.39 Å². The number of nitrogens with zero attached hydrogens (tertiary/aromatic N) is 3. The largest absolute Gasteiger partial charge is 0.277 e. The van der Waals surface area contributed by atoms with Crippen LogP contribution in [-0.2, 0) is 5.88 Å². The van der Waals surface area contributed by atoms with Crippen molar-refractivity contribution in [1.29, 1.82) is 0 Å². The fourth-order valence-electron chi connectivity index (χ4n) is 1.83. The van der Waals surface area contributed by atoms with Gasteiger partial charge < -0.3 is 0 Å². The second-order valence-electron chi connectivity index (χ2n) is 3.86. The summed E-state index contributed by atoms with van der Waals surface area (Å²) in [5.41, 5.74) is 0.797. The predicted octanol–water partition coefficient (Wildman–Crippen LogP) is 3.87. The maximum absolute atomic E-state index is 13.0. The van der Waals surface area contributed by atoms with Gasteiger partial charge >= 0.3 is 0 Å². The van der Waals surface area contributed by atoms with Crippen LogP contribution in [0, 0.1) is 5.82 Å². The average molecular weight is 294 g/mol. The van der Waals surface area contributed by atoms with Gasteiger partial charge in [0.05, 0.1) is 10.8 Å². The molecule has 0 amide bonds. The lowest BCUT2D eigenvalue weighted by Gasteiger charge is -2.08. The summed E-state index contributed by atoms with van der Waals surface area (Å²) in [7, 11) is 0. The van der Waals surface area contributed by atoms with Crippen molar-refractivity contribution in [2.24, 2.45) is 0 Å². The normalized spacial score (nSPS) is 10.8. The van der Waals surface area contributed by atoms with Gasteiger partial charge in [0.25, 0.3) is 0 Å². The molecule has 19 heavy (non-hydrogen) atoms. The van der Waals surface area contributed by atoms with Gasteiger partial charge in [0.1, 0.15) is 5.82 Å². The first-order valence-electron chi connectivity index (χ1n) is 5.59. The molecule has 3 aromatic rings. The van der Waals surface area contributed by atoms with Crippen LogP contribution >= 0.6 is 22.9 Å². The third-order valence-electron chi connectivity index (χ3n) is 2.68. The first kappa shape index (κ1) is 12.3. The number of benzene rings is 1. The van der Waals surface area contributed by atoms with Crippen LogP contribution in [0.25, 0.3) is 16.4 Å². The Morgan fingerprint density at radius 3 is 2.58 bits per heavy atom. The lowest BCUT2D eigenvalue weighted by molar-refractivity contribution is 0.627. The molecule has 0 aliphatic rings. The highest BCUT2D eigenvalue weighted by molar-refractivity contribution is 7.13. The average Bonchev–Trinajstić information content (AvgIpc) is 3.08. The first-order chi connectivity index (χ1) is 9.29. The van der Waals surface area contributed by atoms with Crippen molar-refractivity contribution < 1.29 is 4.39 Å². The van der Waals surface area contributed by atoms with Crippen LogP contribution in [0.1, 0.15) is 5.82 Å². The second kappa shape index (κ2) is 5.11. The summed E-state index contributed by atoms with van der Waals surface area (Å²) in [5.74, 6) is 1.33. The molecule has 0 saturated heterocycles. The highest BCUT2D eigenvalue weighted by Gasteiger charge is 2.15. The zero-order chi connectivity index (χ0) is 13.2. The summed E-state index contributed by atoms with van der Waals surface area (Å²) in [6, 6.07) is 10.1. The molecule has 0 radical (unpaired) electrons. The summed E-state index contributed by atoms with van der Waals surface area (Å²) in [5, 5.41) is 10.2. The molecule has 3 nitrogen and oxygen atoms in total. The smallest absolute Gasteiger partial charge is 0.178 e. The van der Waals surface area contributed by atoms with Gasteiger partial charge in [-0.3, -0.25) is 4.57 Å². The molecule has 2 heterocycles. The third-order valence-corrected chi connectivity index (χ3v) is 3.78. The Labute approximate surface area is 118 Å². The monoisotopic (exact) mass is 293 g/mol. The minimum Gasteiger partial charge on any atom is -0.277 e. The van der Waals surface area contributed by atoms with Gasteiger partial charge in [-0.2, -0.15) is 0 Å². The molecule has 2 aromatic heterocycles. The summed E-state index contributed by atoms with van der Waals surface area (Å²) in [6.45, 7) is 0. The van der Waals surface area contributed by atoms with Crippen molar-refractivity contribution in [1.82, 2.24) is 14.8 Å². The van der Waals surface area contributed by atoms with E-state index in [0.717, 1.165) is 16.4 Å². The molecule has 0 bridgehead atoms. The molecule has 1 aromatic carbocycles. The number of rotatable bonds is 3. The van der Waals surface area contributed by atoms with Crippen LogP contribution in [-0.4, -0.2) is 14.8 Å². The SMILES string of the molecule is Fc1ccc(-n2c(CCl)nnc2-c2cccs2)cc1. The Kier molecular flexibility index (Phi) is 3.31. The van der Waals surface area contributed by atoms with E-state index in [0.29, 0.717) is 5.82 Å². The molecular formula is C13H9ClFN3S. The van der Waals surface area contributed by atoms with Crippen LogP contribution < -0.4 is 0 Å². The van der Waals surface area contributed by atoms with Gasteiger partial charge in [0, 0.05) is 5.69 Å². The van der Waals surface area contributed by atoms with Crippen LogP contribution in [0.5, 0.6) is 0 Å². The maximum atomic E-state index is 13.0. The fourth-order valence-corrected chi connectivity index (χ4v) is 2.70. The van der Waals surface area contributed by atoms with Crippen molar-refractivity contribution in [2.45, 2.75) is 5.88 Å². The summed E-state index contributed by atoms with van der Waals surface area (Å²) >= 11 is 7.47. The molecule has 0 fully saturated rings. The lowest BCUT2D eigenvalue weighted by Crippen LogP contribution is -2.01. The second-order valence-corrected chi connectivity index (χ2v) is 5.08. The van der Waals surface area contributed by atoms with E-state index in [1.165, 1.54) is 12.1 Å². The molecule has 0 unspecified atom stereocenters. The summed E-state index contributed by atoms with van der Waals surface area (Å²) in [4.78, 5) is 0.994. The minimum absolute atomic E-state index is 0.246. The third kappa shape index (κ3) is 2.27. The van der Waals surface area contributed by atoms with Crippen LogP contribution in [0.3, 0.4) is 0 Å². The number of hydrogen-bond donors (Lipinski definition) is 0. The molecule has 0 atom stereocenters. The number of hydrogen-bond acceptors (Lipinski definition) is 3. The van der Waals surface area contributed by atoms with E-state index in [4.69, 9.17) is 11.6 Å². The summed E-state index contributed by atoms with van der Waals surface area (Å²) < 4.78 is 14.9. The molecule has 0 aliphatic heterocycles. The molecule has 96 valence electrons. The summed E-state index contributed by atoms with van der Waals surface area (Å²) in [6.07, 6.45) is 0. The van der Waals surface area contributed by atoms with Gasteiger partial charge in [0.15, 0.2) is 11.6 Å². The van der Waals surface area contributed by atoms with E-state index in [-0.39, 0.29) is 11.7 Å². The van der Waals surface area contributed by atoms with Gasteiger partial charge in [0.2, 0.25) is 0 Å². The Balaban J connectivity index is 2.18. The lowest BCUT2D eigenvalue weighted by atomic mass is 10.3. The van der Waals surface area contributed by atoms with Crippen molar-refractivity contribution >= 4 is 22.9 Å². The number of alkyl halides is 1. The van der Waals surface area contributed by atoms with Crippen LogP contribution in [0.4, 0.5) is 4.39 Å². The fraction of sp³-hybridized carbons (Fsp3) is 0.0769. The van der Waals surface area contributed by atoms with Crippen molar-refractivity contribution in [2.75, 3.05) is 0 Å². The standard InChI is InChI=1S/C13H9ClFN3S/c14-8-12-16-17-13(11-2-1-7-19-11)18(12)10-5-3-9(15)4-6-10/h1-7H,8H2. The van der Waals surface area contributed by atoms with Gasteiger partial charge in [-0.15, -0.1) is 33.1 Å². The predicted molar refractivity (Wildman–Crippen MR) is 74.2 cm³/mol. The van der Waals surface area contributed by atoms with Gasteiger partial charge in [-0.25, -0.2) is 4.39 Å². The van der Waals surface area contributed by atoms with Crippen molar-refractivity contribution in [3.8, 4) is 16.4 Å². The first-order valence-corrected chi connectivity index (χ1v) is 7.01. The van der Waals surface area contributed by atoms with E-state index in [2.05, 4.69) is 10.2 Å². The van der Waals surface area contributed by atoms with E-state index >= 15 is 0 Å². The highest BCUT2D eigenvalue weighted by Crippen LogP contribution is 2.27. The number of thiophene rings is 1. The highest BCUT2D eigenvalue weighted by atomic mass is 35.5. The van der Waals surface area contributed by atoms with Crippen LogP contribution in [0.15, 0.2) is 41.8 Å². The van der Waals surface area contributed by atoms with Crippen molar-refractivity contribution in [3.05, 3.63) is 53.4 Å². The molecule has 0 saturated carbocycles. The molecular weight excluding hydrogens is 285 g/mol. The van der Waals surface area contributed by atoms with E-state index in [1.54, 1.807) is 23.5 Å². The van der Waals surface area contributed by atoms with Crippen molar-refractivity contribution in [3.63, 3.8) is 0 Å². The zero-order valence-electron chi connectivity index (χ0n) is 9.75. The molecule has 0 aliphatic carbocycles. The Morgan fingerprint density at radius 2 is 1.95 bits per heavy atom. The van der Waals surface area contributed by atoms with Crippen LogP contribution in [0.2, 0.25) is 0 Å². The minimum atomic E-state index is -0.276. The number of halogens is 2. The van der Waals surface area contributed by atoms with E-state index in [1.807, 2.05) is 22.1 Å². The molecule has 0 N–H and O–H groups in total. The van der Waals surface area contributed by atoms with Gasteiger partial charge in [-0.1, -0.05) is 6.07 Å². The number of aromatic nitrogens is 3. The van der Waals surface area contributed by atoms with E-state index < -0.39 is 0 Å². The Morgan fingerprint density at radius 1 is 1.16 bits per heavy atom. The zero-order valence-corrected chi connectivity index (χ0v) is 11.3. The van der Waals surface area contributed by atoms with Gasteiger partial charge in [-0.05, 0) is 35.7 Å². The molecule has 3 rings (SSSR count). The molecule has 6 heteroatoms. The quantitative estimate of drug-likeness (QED) is 0.686.